The fourth-order valence-corrected chi connectivity index (χ4v) is 8.25. The summed E-state index contributed by atoms with van der Waals surface area (Å²) in [6.07, 6.45) is 0. The van der Waals surface area contributed by atoms with Gasteiger partial charge in [-0.1, -0.05) is 152 Å². The Morgan fingerprint density at radius 3 is 1.66 bits per heavy atom. The van der Waals surface area contributed by atoms with Crippen molar-refractivity contribution in [2.24, 2.45) is 0 Å². The van der Waals surface area contributed by atoms with Crippen LogP contribution in [0.4, 0.5) is 0 Å². The van der Waals surface area contributed by atoms with Crippen molar-refractivity contribution in [2.45, 2.75) is 0 Å². The molecule has 0 unspecified atom stereocenters. The Morgan fingerprint density at radius 1 is 0.321 bits per heavy atom. The predicted octanol–water partition coefficient (Wildman–Crippen LogP) is 12.6. The molecule has 53 heavy (non-hydrogen) atoms. The largest absolute Gasteiger partial charge is 0.308 e. The van der Waals surface area contributed by atoms with Crippen LogP contribution in [0.1, 0.15) is 0 Å². The normalized spacial score (nSPS) is 11.8. The van der Waals surface area contributed by atoms with Crippen LogP contribution in [0.2, 0.25) is 0 Å². The van der Waals surface area contributed by atoms with Gasteiger partial charge in [0.05, 0.1) is 16.7 Å². The van der Waals surface area contributed by atoms with Gasteiger partial charge in [-0.25, -0.2) is 15.0 Å². The molecule has 0 fully saturated rings. The van der Waals surface area contributed by atoms with E-state index in [0.717, 1.165) is 44.2 Å². The van der Waals surface area contributed by atoms with Crippen molar-refractivity contribution in [3.8, 4) is 39.9 Å². The first-order chi connectivity index (χ1) is 26.3. The topological polar surface area (TPSA) is 43.6 Å². The van der Waals surface area contributed by atoms with Gasteiger partial charge < -0.3 is 4.57 Å². The minimum atomic E-state index is 0.624. The van der Waals surface area contributed by atoms with Crippen LogP contribution in [0.15, 0.2) is 182 Å². The molecule has 0 N–H and O–H groups in total. The Kier molecular flexibility index (Phi) is 6.52. The zero-order valence-electron chi connectivity index (χ0n) is 28.6. The van der Waals surface area contributed by atoms with E-state index in [2.05, 4.69) is 168 Å². The lowest BCUT2D eigenvalue weighted by molar-refractivity contribution is 1.07. The summed E-state index contributed by atoms with van der Waals surface area (Å²) in [4.78, 5) is 15.8. The van der Waals surface area contributed by atoms with Crippen molar-refractivity contribution in [1.82, 2.24) is 19.5 Å². The molecule has 11 aromatic rings. The number of nitrogens with zero attached hydrogens (tertiary/aromatic N) is 4. The Bertz CT molecular complexity index is 3230. The van der Waals surface area contributed by atoms with Crippen LogP contribution in [0, 0.1) is 0 Å². The van der Waals surface area contributed by atoms with Gasteiger partial charge in [0.1, 0.15) is 0 Å². The smallest absolute Gasteiger partial charge is 0.166 e. The molecule has 0 spiro atoms. The van der Waals surface area contributed by atoms with Crippen LogP contribution in [0.25, 0.3) is 105 Å². The van der Waals surface area contributed by atoms with Gasteiger partial charge in [0.25, 0.3) is 0 Å². The maximum absolute atomic E-state index is 5.36. The maximum atomic E-state index is 5.36. The average molecular weight is 675 g/mol. The van der Waals surface area contributed by atoms with E-state index in [0.29, 0.717) is 17.5 Å². The zero-order valence-corrected chi connectivity index (χ0v) is 28.6. The summed E-state index contributed by atoms with van der Waals surface area (Å²) < 4.78 is 2.37. The molecule has 4 heteroatoms. The summed E-state index contributed by atoms with van der Waals surface area (Å²) in [5.74, 6) is 1.90. The van der Waals surface area contributed by atoms with Gasteiger partial charge in [0, 0.05) is 27.5 Å². The molecule has 0 saturated heterocycles. The van der Waals surface area contributed by atoms with Gasteiger partial charge in [-0.15, -0.1) is 0 Å². The number of fused-ring (bicyclic) bond motifs is 10. The van der Waals surface area contributed by atoms with Crippen molar-refractivity contribution < 1.29 is 0 Å². The van der Waals surface area contributed by atoms with E-state index in [-0.39, 0.29) is 0 Å². The average Bonchev–Trinajstić information content (AvgIpc) is 3.58. The zero-order chi connectivity index (χ0) is 34.9. The molecule has 0 aliphatic rings. The molecule has 246 valence electrons. The van der Waals surface area contributed by atoms with E-state index in [1.807, 2.05) is 18.2 Å². The van der Waals surface area contributed by atoms with E-state index < -0.39 is 0 Å². The Labute approximate surface area is 305 Å². The second-order valence-electron chi connectivity index (χ2n) is 13.6. The molecule has 0 atom stereocenters. The van der Waals surface area contributed by atoms with Crippen LogP contribution in [-0.2, 0) is 0 Å². The Balaban J connectivity index is 1.21. The number of rotatable bonds is 4. The Hall–Kier alpha value is -7.17. The first kappa shape index (κ1) is 29.5. The molecule has 11 rings (SSSR count). The first-order valence-corrected chi connectivity index (χ1v) is 18.0. The minimum Gasteiger partial charge on any atom is -0.308 e. The highest BCUT2D eigenvalue weighted by atomic mass is 15.1. The molecule has 0 saturated carbocycles. The van der Waals surface area contributed by atoms with Crippen LogP contribution >= 0.6 is 0 Å². The van der Waals surface area contributed by atoms with Crippen LogP contribution < -0.4 is 0 Å². The minimum absolute atomic E-state index is 0.624. The van der Waals surface area contributed by atoms with Crippen LogP contribution in [-0.4, -0.2) is 19.5 Å². The van der Waals surface area contributed by atoms with Gasteiger partial charge in [0.15, 0.2) is 17.5 Å². The maximum Gasteiger partial charge on any atom is 0.166 e. The molecule has 0 radical (unpaired) electrons. The number of para-hydroxylation sites is 2. The monoisotopic (exact) mass is 674 g/mol. The molecular weight excluding hydrogens is 645 g/mol. The fourth-order valence-electron chi connectivity index (χ4n) is 8.25. The summed E-state index contributed by atoms with van der Waals surface area (Å²) >= 11 is 0. The third-order valence-electron chi connectivity index (χ3n) is 10.6. The summed E-state index contributed by atoms with van der Waals surface area (Å²) in [6, 6.07) is 64.4. The van der Waals surface area contributed by atoms with Gasteiger partial charge in [-0.3, -0.25) is 0 Å². The number of hydrogen-bond acceptors (Lipinski definition) is 3. The van der Waals surface area contributed by atoms with Crippen molar-refractivity contribution in [1.29, 1.82) is 0 Å². The van der Waals surface area contributed by atoms with E-state index >= 15 is 0 Å². The highest BCUT2D eigenvalue weighted by Gasteiger charge is 2.21. The van der Waals surface area contributed by atoms with Crippen molar-refractivity contribution in [3.05, 3.63) is 182 Å². The molecule has 0 aliphatic carbocycles. The lowest BCUT2D eigenvalue weighted by Gasteiger charge is -2.16. The third-order valence-corrected chi connectivity index (χ3v) is 10.6. The van der Waals surface area contributed by atoms with Gasteiger partial charge in [-0.2, -0.15) is 0 Å². The Morgan fingerprint density at radius 2 is 0.868 bits per heavy atom. The molecule has 2 aromatic heterocycles. The fraction of sp³-hybridized carbons (Fsp3) is 0. The lowest BCUT2D eigenvalue weighted by Crippen LogP contribution is -2.04. The van der Waals surface area contributed by atoms with Crippen LogP contribution in [0.3, 0.4) is 0 Å². The lowest BCUT2D eigenvalue weighted by atomic mass is 9.93. The van der Waals surface area contributed by atoms with E-state index in [1.165, 1.54) is 43.1 Å². The van der Waals surface area contributed by atoms with Crippen molar-refractivity contribution >= 4 is 64.9 Å². The predicted molar refractivity (Wildman–Crippen MR) is 220 cm³/mol. The third kappa shape index (κ3) is 4.59. The van der Waals surface area contributed by atoms with Crippen molar-refractivity contribution in [2.75, 3.05) is 0 Å². The molecule has 9 aromatic carbocycles. The van der Waals surface area contributed by atoms with E-state index in [9.17, 15) is 0 Å². The number of benzene rings is 9. The van der Waals surface area contributed by atoms with E-state index in [1.54, 1.807) is 0 Å². The highest BCUT2D eigenvalue weighted by Crippen LogP contribution is 2.41. The summed E-state index contributed by atoms with van der Waals surface area (Å²) in [5.41, 5.74) is 6.14. The molecular formula is C49H30N4. The second-order valence-corrected chi connectivity index (χ2v) is 13.6. The quantitative estimate of drug-likeness (QED) is 0.175. The van der Waals surface area contributed by atoms with Gasteiger partial charge >= 0.3 is 0 Å². The van der Waals surface area contributed by atoms with Crippen molar-refractivity contribution in [3.63, 3.8) is 0 Å². The van der Waals surface area contributed by atoms with Crippen LogP contribution in [0.5, 0.6) is 0 Å². The molecule has 0 bridgehead atoms. The molecule has 4 nitrogen and oxygen atoms in total. The van der Waals surface area contributed by atoms with E-state index in [4.69, 9.17) is 15.0 Å². The summed E-state index contributed by atoms with van der Waals surface area (Å²) in [6.45, 7) is 0. The second kappa shape index (κ2) is 11.7. The molecule has 2 heterocycles. The standard InChI is InChI=1S/C49H30N4/c1-2-16-33(17-3-1)47-50-48(52-49(51-47)41-30-34-27-26-31-14-4-6-18-35(31)45(34)38-21-9-8-20-37(38)41)40-23-11-13-25-43(40)53-42-24-12-10-22-39(42)46-36-19-7-5-15-32(36)28-29-44(46)53/h1-30H. The highest BCUT2D eigenvalue weighted by molar-refractivity contribution is 6.23. The molecule has 0 amide bonds. The molecule has 0 aliphatic heterocycles. The summed E-state index contributed by atoms with van der Waals surface area (Å²) in [7, 11) is 0. The summed E-state index contributed by atoms with van der Waals surface area (Å²) in [5, 5.41) is 12.1. The first-order valence-electron chi connectivity index (χ1n) is 18.0. The number of aromatic nitrogens is 4. The van der Waals surface area contributed by atoms with Gasteiger partial charge in [-0.05, 0) is 73.4 Å². The SMILES string of the molecule is c1ccc(-c2nc(-c3ccccc3-n3c4ccccc4c4c5ccccc5ccc43)nc(-c3cc4ccc5ccccc5c4c4ccccc34)n2)cc1. The van der Waals surface area contributed by atoms with Gasteiger partial charge in [0.2, 0.25) is 0 Å². The number of hydrogen-bond donors (Lipinski definition) is 0.